The lowest BCUT2D eigenvalue weighted by Gasteiger charge is -2.16. The van der Waals surface area contributed by atoms with Crippen LogP contribution in [-0.2, 0) is 20.9 Å². The molecule has 2 heterocycles. The van der Waals surface area contributed by atoms with Gasteiger partial charge in [-0.1, -0.05) is 23.7 Å². The number of imide groups is 2. The molecule has 1 aliphatic rings. The number of aryl methyl sites for hydroxylation is 2. The Morgan fingerprint density at radius 3 is 2.48 bits per heavy atom. The summed E-state index contributed by atoms with van der Waals surface area (Å²) in [5, 5.41) is 4.77. The maximum absolute atomic E-state index is 12.4. The predicted octanol–water partition coefficient (Wildman–Crippen LogP) is 2.95. The van der Waals surface area contributed by atoms with Crippen LogP contribution in [0.4, 0.5) is 10.5 Å². The third-order valence-electron chi connectivity index (χ3n) is 4.03. The number of hydrogen-bond donors (Lipinski definition) is 1. The first kappa shape index (κ1) is 19.1. The van der Waals surface area contributed by atoms with E-state index in [0.717, 1.165) is 20.9 Å². The molecule has 1 aromatic carbocycles. The number of carbonyl (C=O) groups is 4. The van der Waals surface area contributed by atoms with Crippen molar-refractivity contribution in [2.75, 3.05) is 11.9 Å². The Kier molecular flexibility index (Phi) is 5.29. The summed E-state index contributed by atoms with van der Waals surface area (Å²) in [5.41, 5.74) is 2.10. The van der Waals surface area contributed by atoms with Crippen LogP contribution < -0.4 is 5.32 Å². The Bertz CT molecular complexity index is 919. The molecule has 5 amide bonds. The minimum atomic E-state index is -1.02. The Hall–Kier alpha value is -2.71. The molecule has 1 N–H and O–H groups in total. The molecule has 0 atom stereocenters. The van der Waals surface area contributed by atoms with Crippen molar-refractivity contribution in [3.05, 3.63) is 50.7 Å². The number of rotatable bonds is 5. The van der Waals surface area contributed by atoms with Crippen LogP contribution in [0.5, 0.6) is 0 Å². The van der Waals surface area contributed by atoms with E-state index in [0.29, 0.717) is 15.6 Å². The van der Waals surface area contributed by atoms with E-state index < -0.39 is 30.3 Å². The zero-order valence-corrected chi connectivity index (χ0v) is 16.2. The molecule has 0 aliphatic carbocycles. The lowest BCUT2D eigenvalue weighted by molar-refractivity contribution is -0.143. The fourth-order valence-electron chi connectivity index (χ4n) is 2.78. The van der Waals surface area contributed by atoms with E-state index in [1.807, 2.05) is 13.0 Å². The van der Waals surface area contributed by atoms with E-state index >= 15 is 0 Å². The average Bonchev–Trinajstić information content (AvgIpc) is 3.17. The third-order valence-corrected chi connectivity index (χ3v) is 5.19. The van der Waals surface area contributed by atoms with E-state index in [4.69, 9.17) is 11.6 Å². The molecular formula is C18H16ClN3O4S. The van der Waals surface area contributed by atoms with Crippen molar-refractivity contribution in [2.45, 2.75) is 20.4 Å². The molecule has 1 aromatic heterocycles. The number of thiophene rings is 1. The van der Waals surface area contributed by atoms with Gasteiger partial charge >= 0.3 is 17.8 Å². The van der Waals surface area contributed by atoms with Gasteiger partial charge in [0.1, 0.15) is 6.54 Å². The number of carbonyl (C=O) groups excluding carboxylic acids is 4. The summed E-state index contributed by atoms with van der Waals surface area (Å²) in [7, 11) is 0. The summed E-state index contributed by atoms with van der Waals surface area (Å²) in [4.78, 5) is 51.2. The van der Waals surface area contributed by atoms with Crippen LogP contribution in [0.1, 0.15) is 16.0 Å². The topological polar surface area (TPSA) is 86.8 Å². The lowest BCUT2D eigenvalue weighted by Crippen LogP contribution is -2.39. The van der Waals surface area contributed by atoms with Gasteiger partial charge in [-0.15, -0.1) is 11.3 Å². The van der Waals surface area contributed by atoms with Gasteiger partial charge in [-0.05, 0) is 42.5 Å². The highest BCUT2D eigenvalue weighted by Crippen LogP contribution is 2.27. The summed E-state index contributed by atoms with van der Waals surface area (Å²) in [6, 6.07) is 6.28. The second-order valence-electron chi connectivity index (χ2n) is 6.13. The number of nitrogens with zero attached hydrogens (tertiary/aromatic N) is 2. The van der Waals surface area contributed by atoms with Crippen molar-refractivity contribution >= 4 is 52.4 Å². The van der Waals surface area contributed by atoms with Crippen LogP contribution in [0.15, 0.2) is 29.6 Å². The summed E-state index contributed by atoms with van der Waals surface area (Å²) >= 11 is 7.52. The zero-order valence-electron chi connectivity index (χ0n) is 14.6. The molecule has 1 fully saturated rings. The van der Waals surface area contributed by atoms with Crippen LogP contribution in [-0.4, -0.2) is 40.1 Å². The molecule has 7 nitrogen and oxygen atoms in total. The molecule has 0 unspecified atom stereocenters. The molecule has 140 valence electrons. The smallest absolute Gasteiger partial charge is 0.323 e. The number of urea groups is 1. The van der Waals surface area contributed by atoms with Crippen LogP contribution in [0.25, 0.3) is 0 Å². The number of benzene rings is 1. The monoisotopic (exact) mass is 405 g/mol. The van der Waals surface area contributed by atoms with Crippen molar-refractivity contribution in [1.29, 1.82) is 0 Å². The second-order valence-corrected chi connectivity index (χ2v) is 7.57. The van der Waals surface area contributed by atoms with Gasteiger partial charge in [0.25, 0.3) is 0 Å². The SMILES string of the molecule is Cc1cc(C)c(NC(=O)CN2C(=O)C(=O)N(Cc3cccs3)C2=O)c(Cl)c1. The number of nitrogens with one attached hydrogen (secondary N) is 1. The highest BCUT2D eigenvalue weighted by molar-refractivity contribution is 7.09. The first-order valence-electron chi connectivity index (χ1n) is 8.04. The number of hydrogen-bond acceptors (Lipinski definition) is 5. The van der Waals surface area contributed by atoms with Crippen LogP contribution in [0, 0.1) is 13.8 Å². The molecule has 27 heavy (non-hydrogen) atoms. The predicted molar refractivity (Wildman–Crippen MR) is 102 cm³/mol. The van der Waals surface area contributed by atoms with Gasteiger partial charge in [0.05, 0.1) is 17.3 Å². The van der Waals surface area contributed by atoms with Gasteiger partial charge in [-0.2, -0.15) is 0 Å². The van der Waals surface area contributed by atoms with Crippen molar-refractivity contribution in [1.82, 2.24) is 9.80 Å². The summed E-state index contributed by atoms with van der Waals surface area (Å²) in [5.74, 6) is -2.57. The first-order chi connectivity index (χ1) is 12.8. The van der Waals surface area contributed by atoms with E-state index in [-0.39, 0.29) is 6.54 Å². The number of halogens is 1. The molecule has 1 aliphatic heterocycles. The van der Waals surface area contributed by atoms with E-state index in [1.165, 1.54) is 11.3 Å². The zero-order chi connectivity index (χ0) is 19.7. The molecule has 2 aromatic rings. The minimum Gasteiger partial charge on any atom is -0.323 e. The maximum Gasteiger partial charge on any atom is 0.335 e. The highest BCUT2D eigenvalue weighted by Gasteiger charge is 2.45. The Morgan fingerprint density at radius 1 is 1.15 bits per heavy atom. The Labute approximate surface area is 164 Å². The largest absolute Gasteiger partial charge is 0.335 e. The summed E-state index contributed by atoms with van der Waals surface area (Å²) < 4.78 is 0. The van der Waals surface area contributed by atoms with Crippen LogP contribution >= 0.6 is 22.9 Å². The van der Waals surface area contributed by atoms with Crippen molar-refractivity contribution in [3.8, 4) is 0 Å². The van der Waals surface area contributed by atoms with Gasteiger partial charge in [0, 0.05) is 4.88 Å². The quantitative estimate of drug-likeness (QED) is 0.612. The molecule has 0 radical (unpaired) electrons. The Balaban J connectivity index is 1.71. The Morgan fingerprint density at radius 2 is 1.85 bits per heavy atom. The first-order valence-corrected chi connectivity index (χ1v) is 9.30. The van der Waals surface area contributed by atoms with Gasteiger partial charge < -0.3 is 5.32 Å². The van der Waals surface area contributed by atoms with Crippen LogP contribution in [0.2, 0.25) is 5.02 Å². The molecule has 0 spiro atoms. The standard InChI is InChI=1S/C18H16ClN3O4S/c1-10-6-11(2)15(13(19)7-10)20-14(23)9-22-17(25)16(24)21(18(22)26)8-12-4-3-5-27-12/h3-7H,8-9H2,1-2H3,(H,20,23). The van der Waals surface area contributed by atoms with Gasteiger partial charge in [-0.25, -0.2) is 9.69 Å². The van der Waals surface area contributed by atoms with Crippen LogP contribution in [0.3, 0.4) is 0 Å². The molecule has 1 saturated heterocycles. The molecule has 0 bridgehead atoms. The molecule has 3 rings (SSSR count). The molecule has 0 saturated carbocycles. The normalized spacial score (nSPS) is 14.3. The van der Waals surface area contributed by atoms with Gasteiger partial charge in [-0.3, -0.25) is 19.3 Å². The van der Waals surface area contributed by atoms with E-state index in [9.17, 15) is 19.2 Å². The van der Waals surface area contributed by atoms with Crippen molar-refractivity contribution in [2.24, 2.45) is 0 Å². The van der Waals surface area contributed by atoms with Gasteiger partial charge in [0.15, 0.2) is 0 Å². The second kappa shape index (κ2) is 7.50. The van der Waals surface area contributed by atoms with E-state index in [1.54, 1.807) is 30.5 Å². The average molecular weight is 406 g/mol. The molecule has 9 heteroatoms. The number of anilines is 1. The van der Waals surface area contributed by atoms with Crippen molar-refractivity contribution < 1.29 is 19.2 Å². The van der Waals surface area contributed by atoms with E-state index in [2.05, 4.69) is 5.32 Å². The fourth-order valence-corrected chi connectivity index (χ4v) is 3.85. The minimum absolute atomic E-state index is 0.00207. The number of amides is 5. The highest BCUT2D eigenvalue weighted by atomic mass is 35.5. The summed E-state index contributed by atoms with van der Waals surface area (Å²) in [6.45, 7) is 3.10. The third kappa shape index (κ3) is 3.86. The molecular weight excluding hydrogens is 390 g/mol. The maximum atomic E-state index is 12.4. The summed E-state index contributed by atoms with van der Waals surface area (Å²) in [6.07, 6.45) is 0. The van der Waals surface area contributed by atoms with Gasteiger partial charge in [0.2, 0.25) is 5.91 Å². The van der Waals surface area contributed by atoms with Crippen molar-refractivity contribution in [3.63, 3.8) is 0 Å². The lowest BCUT2D eigenvalue weighted by atomic mass is 10.1. The fraction of sp³-hybridized carbons (Fsp3) is 0.222.